The van der Waals surface area contributed by atoms with Crippen molar-refractivity contribution in [2.45, 2.75) is 39.0 Å². The van der Waals surface area contributed by atoms with Crippen molar-refractivity contribution >= 4 is 15.9 Å². The number of hydrogen-bond acceptors (Lipinski definition) is 1. The third-order valence-corrected chi connectivity index (χ3v) is 2.63. The lowest BCUT2D eigenvalue weighted by Crippen LogP contribution is -2.20. The zero-order valence-electron chi connectivity index (χ0n) is 8.48. The molecule has 0 spiro atoms. The van der Waals surface area contributed by atoms with Gasteiger partial charge in [0.25, 0.3) is 0 Å². The van der Waals surface area contributed by atoms with Crippen LogP contribution in [0.15, 0.2) is 0 Å². The summed E-state index contributed by atoms with van der Waals surface area (Å²) in [6, 6.07) is 0. The summed E-state index contributed by atoms with van der Waals surface area (Å²) in [4.78, 5) is 2.44. The highest BCUT2D eigenvalue weighted by Crippen LogP contribution is 1.99. The highest BCUT2D eigenvalue weighted by molar-refractivity contribution is 9.09. The average molecular weight is 236 g/mol. The summed E-state index contributed by atoms with van der Waals surface area (Å²) in [7, 11) is 2.23. The standard InChI is InChI=1S/C10H22BrN/c1-3-4-6-9-12(2)10-7-5-8-11/h3-10H2,1-2H3. The SMILES string of the molecule is CCCCCN(C)CCCCBr. The number of hydrogen-bond donors (Lipinski definition) is 0. The van der Waals surface area contributed by atoms with Crippen LogP contribution in [-0.2, 0) is 0 Å². The van der Waals surface area contributed by atoms with Crippen LogP contribution in [0.2, 0.25) is 0 Å². The number of alkyl halides is 1. The molecule has 0 saturated heterocycles. The van der Waals surface area contributed by atoms with Gasteiger partial charge in [-0.3, -0.25) is 0 Å². The van der Waals surface area contributed by atoms with Gasteiger partial charge in [0, 0.05) is 5.33 Å². The van der Waals surface area contributed by atoms with Gasteiger partial charge in [0.2, 0.25) is 0 Å². The number of rotatable bonds is 8. The Morgan fingerprint density at radius 1 is 1.00 bits per heavy atom. The maximum Gasteiger partial charge on any atom is 0.00317 e. The van der Waals surface area contributed by atoms with Gasteiger partial charge in [-0.05, 0) is 39.4 Å². The molecule has 0 rings (SSSR count). The lowest BCUT2D eigenvalue weighted by molar-refractivity contribution is 0.320. The molecule has 0 bridgehead atoms. The van der Waals surface area contributed by atoms with E-state index < -0.39 is 0 Å². The van der Waals surface area contributed by atoms with Gasteiger partial charge in [-0.15, -0.1) is 0 Å². The molecule has 12 heavy (non-hydrogen) atoms. The second kappa shape index (κ2) is 9.53. The Balaban J connectivity index is 3.04. The van der Waals surface area contributed by atoms with Crippen molar-refractivity contribution in [2.24, 2.45) is 0 Å². The Labute approximate surface area is 85.7 Å². The van der Waals surface area contributed by atoms with Crippen molar-refractivity contribution < 1.29 is 0 Å². The second-order valence-electron chi connectivity index (χ2n) is 3.41. The minimum absolute atomic E-state index is 1.15. The average Bonchev–Trinajstić information content (AvgIpc) is 2.06. The molecular formula is C10H22BrN. The third-order valence-electron chi connectivity index (χ3n) is 2.07. The highest BCUT2D eigenvalue weighted by Gasteiger charge is 1.96. The predicted octanol–water partition coefficient (Wildman–Crippen LogP) is 3.28. The number of nitrogens with zero attached hydrogens (tertiary/aromatic N) is 1. The van der Waals surface area contributed by atoms with Crippen LogP contribution in [0.1, 0.15) is 39.0 Å². The minimum Gasteiger partial charge on any atom is -0.306 e. The van der Waals surface area contributed by atoms with Crippen molar-refractivity contribution in [3.8, 4) is 0 Å². The molecule has 0 unspecified atom stereocenters. The van der Waals surface area contributed by atoms with Gasteiger partial charge in [0.15, 0.2) is 0 Å². The molecular weight excluding hydrogens is 214 g/mol. The van der Waals surface area contributed by atoms with Gasteiger partial charge < -0.3 is 4.90 Å². The molecule has 0 aromatic carbocycles. The Morgan fingerprint density at radius 3 is 2.08 bits per heavy atom. The Bertz CT molecular complexity index is 75.9. The van der Waals surface area contributed by atoms with E-state index in [0.717, 1.165) is 5.33 Å². The molecule has 0 aliphatic carbocycles. The smallest absolute Gasteiger partial charge is 0.00317 e. The lowest BCUT2D eigenvalue weighted by atomic mass is 10.2. The van der Waals surface area contributed by atoms with Gasteiger partial charge in [-0.1, -0.05) is 35.7 Å². The molecule has 0 heterocycles. The third kappa shape index (κ3) is 8.54. The molecule has 0 aliphatic rings. The first-order valence-electron chi connectivity index (χ1n) is 5.05. The number of halogens is 1. The largest absolute Gasteiger partial charge is 0.306 e. The molecule has 0 N–H and O–H groups in total. The summed E-state index contributed by atoms with van der Waals surface area (Å²) in [6.07, 6.45) is 6.70. The molecule has 0 aromatic heterocycles. The Morgan fingerprint density at radius 2 is 1.58 bits per heavy atom. The molecule has 0 amide bonds. The van der Waals surface area contributed by atoms with E-state index in [4.69, 9.17) is 0 Å². The molecule has 74 valence electrons. The van der Waals surface area contributed by atoms with Gasteiger partial charge >= 0.3 is 0 Å². The summed E-state index contributed by atoms with van der Waals surface area (Å²) < 4.78 is 0. The van der Waals surface area contributed by atoms with Gasteiger partial charge in [0.1, 0.15) is 0 Å². The van der Waals surface area contributed by atoms with Crippen LogP contribution in [0.25, 0.3) is 0 Å². The van der Waals surface area contributed by atoms with Crippen LogP contribution in [0, 0.1) is 0 Å². The van der Waals surface area contributed by atoms with E-state index in [9.17, 15) is 0 Å². The fraction of sp³-hybridized carbons (Fsp3) is 1.00. The first-order valence-corrected chi connectivity index (χ1v) is 6.18. The molecule has 0 atom stereocenters. The second-order valence-corrected chi connectivity index (χ2v) is 4.20. The van der Waals surface area contributed by atoms with E-state index in [-0.39, 0.29) is 0 Å². The summed E-state index contributed by atoms with van der Waals surface area (Å²) in [5.74, 6) is 0. The Kier molecular flexibility index (Phi) is 9.88. The van der Waals surface area contributed by atoms with Crippen LogP contribution in [-0.4, -0.2) is 30.4 Å². The van der Waals surface area contributed by atoms with Crippen molar-refractivity contribution in [1.82, 2.24) is 4.90 Å². The minimum atomic E-state index is 1.15. The summed E-state index contributed by atoms with van der Waals surface area (Å²) in [5, 5.41) is 1.15. The van der Waals surface area contributed by atoms with Gasteiger partial charge in [0.05, 0.1) is 0 Å². The summed E-state index contributed by atoms with van der Waals surface area (Å²) in [5.41, 5.74) is 0. The maximum absolute atomic E-state index is 3.44. The molecule has 0 aliphatic heterocycles. The van der Waals surface area contributed by atoms with Crippen LogP contribution in [0.4, 0.5) is 0 Å². The van der Waals surface area contributed by atoms with Crippen molar-refractivity contribution in [1.29, 1.82) is 0 Å². The predicted molar refractivity (Wildman–Crippen MR) is 60.1 cm³/mol. The van der Waals surface area contributed by atoms with Crippen LogP contribution >= 0.6 is 15.9 Å². The first kappa shape index (κ1) is 12.4. The fourth-order valence-corrected chi connectivity index (χ4v) is 1.62. The summed E-state index contributed by atoms with van der Waals surface area (Å²) >= 11 is 3.44. The van der Waals surface area contributed by atoms with E-state index in [2.05, 4.69) is 34.8 Å². The van der Waals surface area contributed by atoms with Crippen LogP contribution < -0.4 is 0 Å². The normalized spacial score (nSPS) is 11.0. The van der Waals surface area contributed by atoms with Crippen LogP contribution in [0.3, 0.4) is 0 Å². The molecule has 2 heteroatoms. The van der Waals surface area contributed by atoms with E-state index in [1.54, 1.807) is 0 Å². The molecule has 0 radical (unpaired) electrons. The quantitative estimate of drug-likeness (QED) is 0.461. The molecule has 0 fully saturated rings. The monoisotopic (exact) mass is 235 g/mol. The van der Waals surface area contributed by atoms with Gasteiger partial charge in [-0.2, -0.15) is 0 Å². The van der Waals surface area contributed by atoms with E-state index in [0.29, 0.717) is 0 Å². The fourth-order valence-electron chi connectivity index (χ4n) is 1.22. The lowest BCUT2D eigenvalue weighted by Gasteiger charge is -2.15. The highest BCUT2D eigenvalue weighted by atomic mass is 79.9. The van der Waals surface area contributed by atoms with E-state index in [1.165, 1.54) is 45.2 Å². The van der Waals surface area contributed by atoms with Crippen molar-refractivity contribution in [3.63, 3.8) is 0 Å². The zero-order chi connectivity index (χ0) is 9.23. The van der Waals surface area contributed by atoms with Gasteiger partial charge in [-0.25, -0.2) is 0 Å². The zero-order valence-corrected chi connectivity index (χ0v) is 10.1. The summed E-state index contributed by atoms with van der Waals surface area (Å²) in [6.45, 7) is 4.79. The maximum atomic E-state index is 3.44. The molecule has 0 saturated carbocycles. The van der Waals surface area contributed by atoms with Crippen LogP contribution in [0.5, 0.6) is 0 Å². The van der Waals surface area contributed by atoms with Crippen molar-refractivity contribution in [2.75, 3.05) is 25.5 Å². The topological polar surface area (TPSA) is 3.24 Å². The Hall–Kier alpha value is 0.440. The van der Waals surface area contributed by atoms with E-state index >= 15 is 0 Å². The number of unbranched alkanes of at least 4 members (excludes halogenated alkanes) is 3. The first-order chi connectivity index (χ1) is 5.81. The molecule has 0 aromatic rings. The van der Waals surface area contributed by atoms with E-state index in [1.807, 2.05) is 0 Å². The molecule has 1 nitrogen and oxygen atoms in total. The van der Waals surface area contributed by atoms with Crippen molar-refractivity contribution in [3.05, 3.63) is 0 Å².